The van der Waals surface area contributed by atoms with Crippen molar-refractivity contribution >= 4 is 5.69 Å². The average Bonchev–Trinajstić information content (AvgIpc) is 3.18. The molecule has 0 unspecified atom stereocenters. The summed E-state index contributed by atoms with van der Waals surface area (Å²) in [5, 5.41) is 4.15. The smallest absolute Gasteiger partial charge is 0.257 e. The Balaban J connectivity index is 1.42. The first-order valence-corrected chi connectivity index (χ1v) is 9.68. The van der Waals surface area contributed by atoms with Crippen LogP contribution in [-0.2, 0) is 17.8 Å². The van der Waals surface area contributed by atoms with Crippen LogP contribution in [-0.4, -0.2) is 48.4 Å². The van der Waals surface area contributed by atoms with Crippen molar-refractivity contribution < 1.29 is 9.26 Å². The van der Waals surface area contributed by atoms with Gasteiger partial charge in [0, 0.05) is 30.9 Å². The summed E-state index contributed by atoms with van der Waals surface area (Å²) >= 11 is 0. The molecule has 2 aromatic carbocycles. The zero-order valence-corrected chi connectivity index (χ0v) is 16.5. The lowest BCUT2D eigenvalue weighted by atomic mass is 10.1. The second-order valence-corrected chi connectivity index (χ2v) is 7.28. The lowest BCUT2D eigenvalue weighted by molar-refractivity contribution is 0.122. The minimum absolute atomic E-state index is 0.567. The normalized spacial score (nSPS) is 14.6. The van der Waals surface area contributed by atoms with Crippen LogP contribution in [0.15, 0.2) is 53.1 Å². The molecule has 28 heavy (non-hydrogen) atoms. The molecule has 0 atom stereocenters. The second kappa shape index (κ2) is 8.54. The highest BCUT2D eigenvalue weighted by Gasteiger charge is 2.16. The molecule has 0 bridgehead atoms. The third kappa shape index (κ3) is 4.40. The van der Waals surface area contributed by atoms with Gasteiger partial charge in [0.15, 0.2) is 5.82 Å². The standard InChI is InChI=1S/C22H26N4O2/c1-17-7-9-18(10-8-17)22-23-21(24-28-22)16-25(2)15-19-5-3-4-6-20(19)26-11-13-27-14-12-26/h3-10H,11-16H2,1-2H3. The Morgan fingerprint density at radius 1 is 1.00 bits per heavy atom. The molecule has 1 aliphatic rings. The molecule has 1 aliphatic heterocycles. The van der Waals surface area contributed by atoms with Crippen LogP contribution >= 0.6 is 0 Å². The van der Waals surface area contributed by atoms with E-state index >= 15 is 0 Å². The van der Waals surface area contributed by atoms with Crippen molar-refractivity contribution in [2.24, 2.45) is 0 Å². The molecule has 6 nitrogen and oxygen atoms in total. The van der Waals surface area contributed by atoms with Gasteiger partial charge < -0.3 is 14.2 Å². The summed E-state index contributed by atoms with van der Waals surface area (Å²) in [4.78, 5) is 9.17. The monoisotopic (exact) mass is 378 g/mol. The van der Waals surface area contributed by atoms with Gasteiger partial charge in [0.2, 0.25) is 0 Å². The zero-order chi connectivity index (χ0) is 19.3. The molecule has 1 fully saturated rings. The van der Waals surface area contributed by atoms with Crippen molar-refractivity contribution in [3.05, 3.63) is 65.5 Å². The minimum atomic E-state index is 0.567. The summed E-state index contributed by atoms with van der Waals surface area (Å²) in [6.07, 6.45) is 0. The van der Waals surface area contributed by atoms with E-state index in [1.807, 2.05) is 24.3 Å². The summed E-state index contributed by atoms with van der Waals surface area (Å²) in [5.74, 6) is 1.26. The molecule has 0 radical (unpaired) electrons. The summed E-state index contributed by atoms with van der Waals surface area (Å²) in [5.41, 5.74) is 4.74. The molecule has 0 amide bonds. The number of anilines is 1. The van der Waals surface area contributed by atoms with E-state index in [0.29, 0.717) is 18.3 Å². The van der Waals surface area contributed by atoms with Gasteiger partial charge in [-0.05, 0) is 37.7 Å². The number of hydrogen-bond acceptors (Lipinski definition) is 6. The Hall–Kier alpha value is -2.70. The lowest BCUT2D eigenvalue weighted by Gasteiger charge is -2.31. The minimum Gasteiger partial charge on any atom is -0.378 e. The van der Waals surface area contributed by atoms with Crippen LogP contribution in [0.4, 0.5) is 5.69 Å². The van der Waals surface area contributed by atoms with Crippen LogP contribution in [0.25, 0.3) is 11.5 Å². The fourth-order valence-electron chi connectivity index (χ4n) is 3.48. The molecular weight excluding hydrogens is 352 g/mol. The average molecular weight is 378 g/mol. The Kier molecular flexibility index (Phi) is 5.69. The third-order valence-electron chi connectivity index (χ3n) is 4.96. The van der Waals surface area contributed by atoms with E-state index < -0.39 is 0 Å². The number of nitrogens with zero attached hydrogens (tertiary/aromatic N) is 4. The number of ether oxygens (including phenoxy) is 1. The molecule has 4 rings (SSSR count). The topological polar surface area (TPSA) is 54.6 Å². The third-order valence-corrected chi connectivity index (χ3v) is 4.96. The predicted molar refractivity (Wildman–Crippen MR) is 109 cm³/mol. The number of rotatable bonds is 6. The number of hydrogen-bond donors (Lipinski definition) is 0. The first kappa shape index (κ1) is 18.7. The molecule has 2 heterocycles. The van der Waals surface area contributed by atoms with Crippen molar-refractivity contribution in [3.63, 3.8) is 0 Å². The fourth-order valence-corrected chi connectivity index (χ4v) is 3.48. The van der Waals surface area contributed by atoms with Gasteiger partial charge >= 0.3 is 0 Å². The van der Waals surface area contributed by atoms with E-state index in [1.54, 1.807) is 0 Å². The molecule has 0 aliphatic carbocycles. The highest BCUT2D eigenvalue weighted by molar-refractivity contribution is 5.54. The second-order valence-electron chi connectivity index (χ2n) is 7.28. The van der Waals surface area contributed by atoms with Crippen LogP contribution in [0.2, 0.25) is 0 Å². The van der Waals surface area contributed by atoms with Gasteiger partial charge in [-0.15, -0.1) is 0 Å². The van der Waals surface area contributed by atoms with E-state index in [2.05, 4.69) is 58.2 Å². The summed E-state index contributed by atoms with van der Waals surface area (Å²) in [6, 6.07) is 16.7. The molecule has 3 aromatic rings. The van der Waals surface area contributed by atoms with Crippen molar-refractivity contribution in [2.45, 2.75) is 20.0 Å². The Bertz CT molecular complexity index is 901. The summed E-state index contributed by atoms with van der Waals surface area (Å²) < 4.78 is 10.9. The van der Waals surface area contributed by atoms with Crippen LogP contribution in [0.1, 0.15) is 17.0 Å². The number of aromatic nitrogens is 2. The molecule has 146 valence electrons. The highest BCUT2D eigenvalue weighted by Crippen LogP contribution is 2.23. The van der Waals surface area contributed by atoms with Gasteiger partial charge in [-0.2, -0.15) is 4.98 Å². The van der Waals surface area contributed by atoms with E-state index in [0.717, 1.165) is 38.4 Å². The highest BCUT2D eigenvalue weighted by atomic mass is 16.5. The van der Waals surface area contributed by atoms with Crippen LogP contribution < -0.4 is 4.90 Å². The van der Waals surface area contributed by atoms with Gasteiger partial charge in [-0.1, -0.05) is 41.1 Å². The van der Waals surface area contributed by atoms with Crippen molar-refractivity contribution in [3.8, 4) is 11.5 Å². The molecule has 0 spiro atoms. The Morgan fingerprint density at radius 3 is 2.54 bits per heavy atom. The number of benzene rings is 2. The van der Waals surface area contributed by atoms with E-state index in [4.69, 9.17) is 9.26 Å². The van der Waals surface area contributed by atoms with Crippen molar-refractivity contribution in [1.82, 2.24) is 15.0 Å². The van der Waals surface area contributed by atoms with E-state index in [1.165, 1.54) is 16.8 Å². The lowest BCUT2D eigenvalue weighted by Crippen LogP contribution is -2.37. The first-order valence-electron chi connectivity index (χ1n) is 9.68. The number of morpholine rings is 1. The number of para-hydroxylation sites is 1. The van der Waals surface area contributed by atoms with Gasteiger partial charge in [-0.25, -0.2) is 0 Å². The largest absolute Gasteiger partial charge is 0.378 e. The molecule has 1 aromatic heterocycles. The molecule has 6 heteroatoms. The van der Waals surface area contributed by atoms with Crippen LogP contribution in [0, 0.1) is 6.92 Å². The maximum absolute atomic E-state index is 5.49. The maximum atomic E-state index is 5.49. The Morgan fingerprint density at radius 2 is 1.75 bits per heavy atom. The quantitative estimate of drug-likeness (QED) is 0.654. The van der Waals surface area contributed by atoms with Crippen molar-refractivity contribution in [1.29, 1.82) is 0 Å². The molecule has 0 saturated carbocycles. The van der Waals surface area contributed by atoms with Gasteiger partial charge in [0.25, 0.3) is 5.89 Å². The zero-order valence-electron chi connectivity index (χ0n) is 16.5. The van der Waals surface area contributed by atoms with Gasteiger partial charge in [-0.3, -0.25) is 4.90 Å². The van der Waals surface area contributed by atoms with E-state index in [-0.39, 0.29) is 0 Å². The fraction of sp³-hybridized carbons (Fsp3) is 0.364. The summed E-state index contributed by atoms with van der Waals surface area (Å²) in [7, 11) is 2.08. The Labute approximate surface area is 165 Å². The first-order chi connectivity index (χ1) is 13.7. The molecular formula is C22H26N4O2. The molecule has 1 saturated heterocycles. The SMILES string of the molecule is Cc1ccc(-c2nc(CN(C)Cc3ccccc3N3CCOCC3)no2)cc1. The maximum Gasteiger partial charge on any atom is 0.257 e. The summed E-state index contributed by atoms with van der Waals surface area (Å²) in [6.45, 7) is 6.96. The number of aryl methyl sites for hydroxylation is 1. The predicted octanol–water partition coefficient (Wildman–Crippen LogP) is 3.51. The van der Waals surface area contributed by atoms with Crippen LogP contribution in [0.3, 0.4) is 0 Å². The van der Waals surface area contributed by atoms with E-state index in [9.17, 15) is 0 Å². The van der Waals surface area contributed by atoms with Crippen molar-refractivity contribution in [2.75, 3.05) is 38.3 Å². The van der Waals surface area contributed by atoms with Crippen LogP contribution in [0.5, 0.6) is 0 Å². The molecule has 0 N–H and O–H groups in total. The van der Waals surface area contributed by atoms with Gasteiger partial charge in [0.05, 0.1) is 19.8 Å². The van der Waals surface area contributed by atoms with Gasteiger partial charge in [0.1, 0.15) is 0 Å².